The molecular weight excluding hydrogens is 241 g/mol. The van der Waals surface area contributed by atoms with Gasteiger partial charge < -0.3 is 5.32 Å². The van der Waals surface area contributed by atoms with Gasteiger partial charge in [0.1, 0.15) is 11.6 Å². The molecule has 1 N–H and O–H groups in total. The molecule has 1 aromatic heterocycles. The molecule has 1 heterocycles. The quantitative estimate of drug-likeness (QED) is 0.909. The van der Waals surface area contributed by atoms with Crippen LogP contribution in [-0.2, 0) is 7.05 Å². The molecule has 0 aliphatic carbocycles. The Bertz CT molecular complexity index is 524. The topological polar surface area (TPSA) is 29.9 Å². The predicted octanol–water partition coefficient (Wildman–Crippen LogP) is 3.39. The third-order valence-corrected chi connectivity index (χ3v) is 2.81. The maximum Gasteiger partial charge on any atom is 0.148 e. The first kappa shape index (κ1) is 11.9. The van der Waals surface area contributed by atoms with Crippen molar-refractivity contribution in [3.05, 3.63) is 46.9 Å². The van der Waals surface area contributed by atoms with Gasteiger partial charge in [-0.05, 0) is 24.6 Å². The van der Waals surface area contributed by atoms with Gasteiger partial charge >= 0.3 is 0 Å². The lowest BCUT2D eigenvalue weighted by Crippen LogP contribution is -2.07. The number of hydrogen-bond acceptors (Lipinski definition) is 2. The van der Waals surface area contributed by atoms with E-state index in [-0.39, 0.29) is 11.1 Å². The second kappa shape index (κ2) is 4.75. The van der Waals surface area contributed by atoms with Crippen molar-refractivity contribution in [2.75, 3.05) is 5.32 Å². The van der Waals surface area contributed by atoms with E-state index in [1.165, 1.54) is 6.07 Å². The molecule has 0 fully saturated rings. The fourth-order valence-corrected chi connectivity index (χ4v) is 1.77. The number of hydrogen-bond donors (Lipinski definition) is 1. The summed E-state index contributed by atoms with van der Waals surface area (Å²) in [5, 5.41) is 7.56. The molecule has 1 atom stereocenters. The molecule has 0 saturated carbocycles. The standard InChI is InChI=1S/C12H13ClFN3/c1-8(15-12-5-6-17(2)16-12)9-3-4-11(14)10(13)7-9/h3-8H,1-2H3,(H,15,16). The van der Waals surface area contributed by atoms with Gasteiger partial charge in [0.05, 0.1) is 11.1 Å². The van der Waals surface area contributed by atoms with E-state index in [2.05, 4.69) is 10.4 Å². The number of benzene rings is 1. The molecule has 0 saturated heterocycles. The summed E-state index contributed by atoms with van der Waals surface area (Å²) < 4.78 is 14.7. The zero-order chi connectivity index (χ0) is 12.4. The van der Waals surface area contributed by atoms with Crippen molar-refractivity contribution in [1.29, 1.82) is 0 Å². The first-order valence-electron chi connectivity index (χ1n) is 5.27. The average molecular weight is 254 g/mol. The molecule has 0 bridgehead atoms. The SMILES string of the molecule is CC(Nc1ccn(C)n1)c1ccc(F)c(Cl)c1. The Morgan fingerprint density at radius 3 is 2.76 bits per heavy atom. The van der Waals surface area contributed by atoms with E-state index in [0.29, 0.717) is 0 Å². The number of nitrogens with zero attached hydrogens (tertiary/aromatic N) is 2. The Morgan fingerprint density at radius 1 is 1.41 bits per heavy atom. The largest absolute Gasteiger partial charge is 0.362 e. The molecule has 2 rings (SSSR count). The van der Waals surface area contributed by atoms with Crippen molar-refractivity contribution in [3.63, 3.8) is 0 Å². The van der Waals surface area contributed by atoms with Crippen LogP contribution in [0, 0.1) is 5.82 Å². The van der Waals surface area contributed by atoms with Gasteiger partial charge in [-0.15, -0.1) is 0 Å². The van der Waals surface area contributed by atoms with Gasteiger partial charge in [-0.25, -0.2) is 4.39 Å². The van der Waals surface area contributed by atoms with Crippen molar-refractivity contribution < 1.29 is 4.39 Å². The van der Waals surface area contributed by atoms with Crippen molar-refractivity contribution >= 4 is 17.4 Å². The Morgan fingerprint density at radius 2 is 2.18 bits per heavy atom. The van der Waals surface area contributed by atoms with Gasteiger partial charge in [0.2, 0.25) is 0 Å². The highest BCUT2D eigenvalue weighted by Crippen LogP contribution is 2.22. The average Bonchev–Trinajstić information content (AvgIpc) is 2.68. The lowest BCUT2D eigenvalue weighted by Gasteiger charge is -2.13. The summed E-state index contributed by atoms with van der Waals surface area (Å²) in [5.41, 5.74) is 0.919. The molecule has 1 unspecified atom stereocenters. The first-order chi connectivity index (χ1) is 8.06. The fraction of sp³-hybridized carbons (Fsp3) is 0.250. The van der Waals surface area contributed by atoms with E-state index in [4.69, 9.17) is 11.6 Å². The molecule has 17 heavy (non-hydrogen) atoms. The van der Waals surface area contributed by atoms with Gasteiger partial charge in [-0.1, -0.05) is 17.7 Å². The van der Waals surface area contributed by atoms with E-state index < -0.39 is 5.82 Å². The summed E-state index contributed by atoms with van der Waals surface area (Å²) in [6.07, 6.45) is 1.85. The molecule has 0 amide bonds. The summed E-state index contributed by atoms with van der Waals surface area (Å²) >= 11 is 5.74. The third kappa shape index (κ3) is 2.77. The second-order valence-corrected chi connectivity index (χ2v) is 4.32. The Labute approximate surface area is 104 Å². The van der Waals surface area contributed by atoms with Crippen molar-refractivity contribution in [3.8, 4) is 0 Å². The Balaban J connectivity index is 2.14. The van der Waals surface area contributed by atoms with Crippen molar-refractivity contribution in [2.45, 2.75) is 13.0 Å². The van der Waals surface area contributed by atoms with Gasteiger partial charge in [0.15, 0.2) is 0 Å². The number of halogens is 2. The summed E-state index contributed by atoms with van der Waals surface area (Å²) in [6, 6.07) is 6.60. The van der Waals surface area contributed by atoms with Gasteiger partial charge in [-0.2, -0.15) is 5.10 Å². The first-order valence-corrected chi connectivity index (χ1v) is 5.65. The maximum atomic E-state index is 13.0. The molecule has 1 aromatic carbocycles. The third-order valence-electron chi connectivity index (χ3n) is 2.52. The van der Waals surface area contributed by atoms with Crippen LogP contribution in [0.25, 0.3) is 0 Å². The molecule has 3 nitrogen and oxygen atoms in total. The van der Waals surface area contributed by atoms with Crippen LogP contribution in [0.15, 0.2) is 30.5 Å². The molecule has 0 aliphatic rings. The molecule has 90 valence electrons. The minimum Gasteiger partial charge on any atom is -0.362 e. The smallest absolute Gasteiger partial charge is 0.148 e. The number of anilines is 1. The highest BCUT2D eigenvalue weighted by molar-refractivity contribution is 6.30. The molecule has 0 spiro atoms. The maximum absolute atomic E-state index is 13.0. The highest BCUT2D eigenvalue weighted by Gasteiger charge is 2.09. The Hall–Kier alpha value is -1.55. The minimum atomic E-state index is -0.402. The molecular formula is C12H13ClFN3. The molecule has 0 aliphatic heterocycles. The van der Waals surface area contributed by atoms with Crippen LogP contribution < -0.4 is 5.32 Å². The fourth-order valence-electron chi connectivity index (χ4n) is 1.58. The van der Waals surface area contributed by atoms with E-state index in [0.717, 1.165) is 11.4 Å². The Kier molecular flexibility index (Phi) is 3.33. The summed E-state index contributed by atoms with van der Waals surface area (Å²) in [6.45, 7) is 1.97. The number of nitrogens with one attached hydrogen (secondary N) is 1. The van der Waals surface area contributed by atoms with Gasteiger partial charge in [-0.3, -0.25) is 4.68 Å². The predicted molar refractivity (Wildman–Crippen MR) is 66.7 cm³/mol. The summed E-state index contributed by atoms with van der Waals surface area (Å²) in [5.74, 6) is 0.376. The van der Waals surface area contributed by atoms with Crippen molar-refractivity contribution in [1.82, 2.24) is 9.78 Å². The number of aryl methyl sites for hydroxylation is 1. The van der Waals surface area contributed by atoms with Crippen LogP contribution in [-0.4, -0.2) is 9.78 Å². The zero-order valence-electron chi connectivity index (χ0n) is 9.61. The van der Waals surface area contributed by atoms with Crippen LogP contribution in [0.4, 0.5) is 10.2 Å². The van der Waals surface area contributed by atoms with Gasteiger partial charge in [0, 0.05) is 19.3 Å². The summed E-state index contributed by atoms with van der Waals surface area (Å²) in [7, 11) is 1.85. The van der Waals surface area contributed by atoms with Crippen LogP contribution in [0.1, 0.15) is 18.5 Å². The van der Waals surface area contributed by atoms with E-state index in [9.17, 15) is 4.39 Å². The van der Waals surface area contributed by atoms with E-state index in [1.54, 1.807) is 16.8 Å². The number of aromatic nitrogens is 2. The molecule has 0 radical (unpaired) electrons. The van der Waals surface area contributed by atoms with Crippen LogP contribution in [0.2, 0.25) is 5.02 Å². The normalized spacial score (nSPS) is 12.5. The molecule has 5 heteroatoms. The zero-order valence-corrected chi connectivity index (χ0v) is 10.4. The van der Waals surface area contributed by atoms with Crippen LogP contribution >= 0.6 is 11.6 Å². The highest BCUT2D eigenvalue weighted by atomic mass is 35.5. The molecule has 2 aromatic rings. The second-order valence-electron chi connectivity index (χ2n) is 3.91. The van der Waals surface area contributed by atoms with Crippen LogP contribution in [0.5, 0.6) is 0 Å². The minimum absolute atomic E-state index is 0.0167. The van der Waals surface area contributed by atoms with Crippen LogP contribution in [0.3, 0.4) is 0 Å². The lowest BCUT2D eigenvalue weighted by atomic mass is 10.1. The van der Waals surface area contributed by atoms with Gasteiger partial charge in [0.25, 0.3) is 0 Å². The van der Waals surface area contributed by atoms with E-state index in [1.807, 2.05) is 26.2 Å². The van der Waals surface area contributed by atoms with E-state index >= 15 is 0 Å². The van der Waals surface area contributed by atoms with Crippen molar-refractivity contribution in [2.24, 2.45) is 7.05 Å². The summed E-state index contributed by atoms with van der Waals surface area (Å²) in [4.78, 5) is 0. The number of rotatable bonds is 3. The lowest BCUT2D eigenvalue weighted by molar-refractivity contribution is 0.627. The monoisotopic (exact) mass is 253 g/mol.